The number of carbonyl (C=O) groups excluding carboxylic acids is 4. The second kappa shape index (κ2) is 7.90. The fourth-order valence-corrected chi connectivity index (χ4v) is 3.89. The fourth-order valence-electron chi connectivity index (χ4n) is 3.89. The van der Waals surface area contributed by atoms with E-state index in [1.54, 1.807) is 0 Å². The summed E-state index contributed by atoms with van der Waals surface area (Å²) in [5.74, 6) is -2.40. The Balaban J connectivity index is 1.52. The quantitative estimate of drug-likeness (QED) is 0.630. The Kier molecular flexibility index (Phi) is 5.58. The Bertz CT molecular complexity index is 744. The molecule has 0 radical (unpaired) electrons. The van der Waals surface area contributed by atoms with Gasteiger partial charge in [-0.05, 0) is 37.8 Å². The molecule has 1 aromatic rings. The van der Waals surface area contributed by atoms with E-state index in [1.165, 1.54) is 0 Å². The number of fused-ring (bicyclic) bond motifs is 1. The van der Waals surface area contributed by atoms with Crippen molar-refractivity contribution >= 4 is 29.4 Å². The highest BCUT2D eigenvalue weighted by Gasteiger charge is 2.48. The van der Waals surface area contributed by atoms with Crippen molar-refractivity contribution in [3.05, 3.63) is 29.3 Å². The molecule has 0 unspecified atom stereocenters. The highest BCUT2D eigenvalue weighted by atomic mass is 16.5. The number of likely N-dealkylation sites (tertiary alicyclic amines) is 1. The smallest absolute Gasteiger partial charge is 0.326 e. The van der Waals surface area contributed by atoms with Gasteiger partial charge in [0.25, 0.3) is 5.91 Å². The number of ether oxygens (including phenoxy) is 1. The van der Waals surface area contributed by atoms with E-state index in [2.05, 4.69) is 5.32 Å². The molecular weight excluding hydrogens is 348 g/mol. The molecule has 1 aliphatic heterocycles. The van der Waals surface area contributed by atoms with Crippen molar-refractivity contribution in [3.8, 4) is 0 Å². The van der Waals surface area contributed by atoms with Crippen LogP contribution in [0.5, 0.6) is 0 Å². The Morgan fingerprint density at radius 1 is 1.07 bits per heavy atom. The van der Waals surface area contributed by atoms with E-state index in [-0.39, 0.29) is 23.7 Å². The molecule has 7 nitrogen and oxygen atoms in total. The van der Waals surface area contributed by atoms with Crippen molar-refractivity contribution in [1.29, 1.82) is 0 Å². The van der Waals surface area contributed by atoms with Crippen LogP contribution < -0.4 is 5.32 Å². The highest BCUT2D eigenvalue weighted by molar-refractivity contribution is 6.07. The molecule has 27 heavy (non-hydrogen) atoms. The third kappa shape index (κ3) is 4.02. The van der Waals surface area contributed by atoms with Gasteiger partial charge in [0.15, 0.2) is 6.61 Å². The molecule has 1 saturated carbocycles. The monoisotopic (exact) mass is 372 g/mol. The van der Waals surface area contributed by atoms with Gasteiger partial charge in [-0.25, -0.2) is 0 Å². The van der Waals surface area contributed by atoms with Crippen LogP contribution >= 0.6 is 0 Å². The van der Waals surface area contributed by atoms with E-state index in [4.69, 9.17) is 4.74 Å². The summed E-state index contributed by atoms with van der Waals surface area (Å²) in [7, 11) is 0. The lowest BCUT2D eigenvalue weighted by Crippen LogP contribution is -2.37. The lowest BCUT2D eigenvalue weighted by molar-refractivity contribution is -0.154. The number of hydrogen-bond donors (Lipinski definition) is 1. The van der Waals surface area contributed by atoms with Crippen LogP contribution in [0.15, 0.2) is 18.2 Å². The van der Waals surface area contributed by atoms with E-state index in [9.17, 15) is 19.2 Å². The standard InChI is InChI=1S/C20H24N2O5/c1-12-6-5-7-13(2)18(12)21-16(23)11-27-17(24)10-22-19(25)14-8-3-4-9-15(14)20(22)26/h5-7,14-15H,3-4,8-11H2,1-2H3,(H,21,23)/t14-,15-/m0/s1. The molecule has 1 saturated heterocycles. The van der Waals surface area contributed by atoms with Crippen molar-refractivity contribution < 1.29 is 23.9 Å². The normalized spacial score (nSPS) is 21.8. The van der Waals surface area contributed by atoms with Gasteiger partial charge in [-0.2, -0.15) is 0 Å². The van der Waals surface area contributed by atoms with Gasteiger partial charge in [0, 0.05) is 5.69 Å². The number of para-hydroxylation sites is 1. The molecule has 0 aromatic heterocycles. The summed E-state index contributed by atoms with van der Waals surface area (Å²) in [4.78, 5) is 49.8. The van der Waals surface area contributed by atoms with Gasteiger partial charge >= 0.3 is 5.97 Å². The number of rotatable bonds is 5. The van der Waals surface area contributed by atoms with Crippen LogP contribution in [-0.2, 0) is 23.9 Å². The highest BCUT2D eigenvalue weighted by Crippen LogP contribution is 2.37. The van der Waals surface area contributed by atoms with Crippen molar-refractivity contribution in [2.45, 2.75) is 39.5 Å². The average molecular weight is 372 g/mol. The fraction of sp³-hybridized carbons (Fsp3) is 0.500. The Morgan fingerprint density at radius 3 is 2.19 bits per heavy atom. The molecule has 1 N–H and O–H groups in total. The summed E-state index contributed by atoms with van der Waals surface area (Å²) >= 11 is 0. The summed E-state index contributed by atoms with van der Waals surface area (Å²) < 4.78 is 4.97. The number of nitrogens with one attached hydrogen (secondary N) is 1. The number of carbonyl (C=O) groups is 4. The minimum atomic E-state index is -0.757. The zero-order valence-electron chi connectivity index (χ0n) is 15.6. The van der Waals surface area contributed by atoms with E-state index in [0.29, 0.717) is 18.5 Å². The van der Waals surface area contributed by atoms with E-state index in [1.807, 2.05) is 32.0 Å². The first kappa shape index (κ1) is 19.1. The average Bonchev–Trinajstić information content (AvgIpc) is 2.88. The molecule has 0 spiro atoms. The van der Waals surface area contributed by atoms with Gasteiger partial charge in [-0.1, -0.05) is 31.0 Å². The molecule has 1 heterocycles. The molecule has 0 bridgehead atoms. The largest absolute Gasteiger partial charge is 0.454 e. The topological polar surface area (TPSA) is 92.8 Å². The zero-order valence-corrected chi connectivity index (χ0v) is 15.6. The van der Waals surface area contributed by atoms with Crippen LogP contribution in [0, 0.1) is 25.7 Å². The first-order valence-electron chi connectivity index (χ1n) is 9.25. The number of benzene rings is 1. The van der Waals surface area contributed by atoms with E-state index >= 15 is 0 Å². The van der Waals surface area contributed by atoms with E-state index < -0.39 is 25.0 Å². The predicted molar refractivity (Wildman–Crippen MR) is 97.7 cm³/mol. The molecule has 2 atom stereocenters. The third-order valence-electron chi connectivity index (χ3n) is 5.33. The van der Waals surface area contributed by atoms with Crippen molar-refractivity contribution in [3.63, 3.8) is 0 Å². The molecule has 144 valence electrons. The van der Waals surface area contributed by atoms with Crippen LogP contribution in [-0.4, -0.2) is 41.7 Å². The Hall–Kier alpha value is -2.70. The first-order chi connectivity index (χ1) is 12.9. The molecule has 1 aliphatic carbocycles. The molecule has 7 heteroatoms. The molecular formula is C20H24N2O5. The minimum Gasteiger partial charge on any atom is -0.454 e. The summed E-state index contributed by atoms with van der Waals surface area (Å²) in [6.07, 6.45) is 3.24. The third-order valence-corrected chi connectivity index (χ3v) is 5.33. The minimum absolute atomic E-state index is 0.290. The lowest BCUT2D eigenvalue weighted by atomic mass is 9.81. The SMILES string of the molecule is Cc1cccc(C)c1NC(=O)COC(=O)CN1C(=O)[C@H]2CCCC[C@@H]2C1=O. The number of anilines is 1. The lowest BCUT2D eigenvalue weighted by Gasteiger charge is -2.19. The summed E-state index contributed by atoms with van der Waals surface area (Å²) in [6.45, 7) is 2.86. The molecule has 2 fully saturated rings. The maximum atomic E-state index is 12.4. The number of imide groups is 1. The van der Waals surface area contributed by atoms with Crippen LogP contribution in [0.25, 0.3) is 0 Å². The van der Waals surface area contributed by atoms with E-state index in [0.717, 1.165) is 28.9 Å². The number of hydrogen-bond acceptors (Lipinski definition) is 5. The molecule has 3 rings (SSSR count). The Labute approximate surface area is 158 Å². The Morgan fingerprint density at radius 2 is 1.63 bits per heavy atom. The second-order valence-electron chi connectivity index (χ2n) is 7.24. The van der Waals surface area contributed by atoms with Gasteiger partial charge in [0.05, 0.1) is 11.8 Å². The van der Waals surface area contributed by atoms with Crippen molar-refractivity contribution in [2.24, 2.45) is 11.8 Å². The van der Waals surface area contributed by atoms with Crippen molar-refractivity contribution in [2.75, 3.05) is 18.5 Å². The van der Waals surface area contributed by atoms with Gasteiger partial charge in [-0.15, -0.1) is 0 Å². The van der Waals surface area contributed by atoms with Crippen LogP contribution in [0.3, 0.4) is 0 Å². The molecule has 3 amide bonds. The van der Waals surface area contributed by atoms with Crippen LogP contribution in [0.1, 0.15) is 36.8 Å². The first-order valence-corrected chi connectivity index (χ1v) is 9.25. The second-order valence-corrected chi connectivity index (χ2v) is 7.24. The van der Waals surface area contributed by atoms with Crippen molar-refractivity contribution in [1.82, 2.24) is 4.90 Å². The van der Waals surface area contributed by atoms with Gasteiger partial charge in [0.2, 0.25) is 11.8 Å². The maximum absolute atomic E-state index is 12.4. The number of nitrogens with zero attached hydrogens (tertiary/aromatic N) is 1. The number of esters is 1. The van der Waals surface area contributed by atoms with Gasteiger partial charge in [0.1, 0.15) is 6.54 Å². The molecule has 2 aliphatic rings. The zero-order chi connectivity index (χ0) is 19.6. The molecule has 1 aromatic carbocycles. The maximum Gasteiger partial charge on any atom is 0.326 e. The number of aryl methyl sites for hydroxylation is 2. The number of amides is 3. The van der Waals surface area contributed by atoms with Crippen LogP contribution in [0.4, 0.5) is 5.69 Å². The summed E-state index contributed by atoms with van der Waals surface area (Å²) in [5, 5.41) is 2.72. The van der Waals surface area contributed by atoms with Gasteiger partial charge in [-0.3, -0.25) is 24.1 Å². The van der Waals surface area contributed by atoms with Gasteiger partial charge < -0.3 is 10.1 Å². The predicted octanol–water partition coefficient (Wildman–Crippen LogP) is 1.96. The summed E-state index contributed by atoms with van der Waals surface area (Å²) in [6, 6.07) is 5.64. The van der Waals surface area contributed by atoms with Crippen LogP contribution in [0.2, 0.25) is 0 Å². The summed E-state index contributed by atoms with van der Waals surface area (Å²) in [5.41, 5.74) is 2.50.